The van der Waals surface area contributed by atoms with Gasteiger partial charge in [-0.1, -0.05) is 106 Å². The fourth-order valence-electron chi connectivity index (χ4n) is 7.76. The summed E-state index contributed by atoms with van der Waals surface area (Å²) in [6.07, 6.45) is -1.93. The fraction of sp³-hybridized carbons (Fsp3) is 0.390. The summed E-state index contributed by atoms with van der Waals surface area (Å²) < 4.78 is 62.4. The molecule has 53 heavy (non-hydrogen) atoms. The molecular weight excluding hydrogens is 711 g/mol. The monoisotopic (exact) mass is 759 g/mol. The van der Waals surface area contributed by atoms with E-state index in [-0.39, 0.29) is 11.6 Å². The molecule has 4 aromatic carbocycles. The van der Waals surface area contributed by atoms with Crippen molar-refractivity contribution in [2.75, 3.05) is 27.1 Å². The molecule has 4 atom stereocenters. The third-order valence-corrected chi connectivity index (χ3v) is 15.5. The van der Waals surface area contributed by atoms with E-state index in [1.807, 2.05) is 98.8 Å². The quantitative estimate of drug-likeness (QED) is 0.100. The second-order valence-corrected chi connectivity index (χ2v) is 20.9. The van der Waals surface area contributed by atoms with Crippen molar-refractivity contribution >= 4 is 34.7 Å². The molecule has 0 N–H and O–H groups in total. The Morgan fingerprint density at radius 1 is 0.774 bits per heavy atom. The molecule has 2 aliphatic rings. The molecule has 2 heterocycles. The van der Waals surface area contributed by atoms with Gasteiger partial charge in [-0.2, -0.15) is 8.42 Å². The molecular formula is C41H49NO9SSi. The Hall–Kier alpha value is -4.04. The summed E-state index contributed by atoms with van der Waals surface area (Å²) in [6, 6.07) is 33.9. The van der Waals surface area contributed by atoms with Crippen LogP contribution in [0.4, 0.5) is 0 Å². The number of nitrogens with zero attached hydrogens (tertiary/aromatic N) is 1. The van der Waals surface area contributed by atoms with Gasteiger partial charge in [-0.3, -0.25) is 8.98 Å². The summed E-state index contributed by atoms with van der Waals surface area (Å²) in [5.41, 5.74) is 1.57. The third kappa shape index (κ3) is 7.80. The number of rotatable bonds is 13. The van der Waals surface area contributed by atoms with Crippen molar-refractivity contribution in [3.05, 3.63) is 120 Å². The number of benzene rings is 4. The predicted octanol–water partition coefficient (Wildman–Crippen LogP) is 5.45. The summed E-state index contributed by atoms with van der Waals surface area (Å²) in [6.45, 7) is 10.3. The molecule has 0 aromatic heterocycles. The maximum Gasteiger partial charge on any atom is 0.265 e. The van der Waals surface area contributed by atoms with Gasteiger partial charge in [0.05, 0.1) is 39.2 Å². The van der Waals surface area contributed by atoms with Crippen LogP contribution >= 0.6 is 0 Å². The predicted molar refractivity (Wildman–Crippen MR) is 206 cm³/mol. The van der Waals surface area contributed by atoms with E-state index in [0.717, 1.165) is 27.8 Å². The Balaban J connectivity index is 1.44. The molecule has 0 aliphatic carbocycles. The van der Waals surface area contributed by atoms with Crippen molar-refractivity contribution in [1.82, 2.24) is 4.90 Å². The van der Waals surface area contributed by atoms with E-state index in [9.17, 15) is 13.2 Å². The van der Waals surface area contributed by atoms with Crippen LogP contribution in [0.2, 0.25) is 5.04 Å². The number of likely N-dealkylation sites (tertiary alicyclic amines) is 1. The molecule has 6 rings (SSSR count). The van der Waals surface area contributed by atoms with E-state index < -0.39 is 60.5 Å². The Kier molecular flexibility index (Phi) is 10.9. The zero-order chi connectivity index (χ0) is 38.2. The van der Waals surface area contributed by atoms with Gasteiger partial charge in [0.15, 0.2) is 11.9 Å². The maximum atomic E-state index is 14.3. The van der Waals surface area contributed by atoms with E-state index in [1.165, 1.54) is 0 Å². The molecule has 0 spiro atoms. The Bertz CT molecular complexity index is 1880. The molecule has 1 amide bonds. The van der Waals surface area contributed by atoms with E-state index in [2.05, 4.69) is 45.0 Å². The van der Waals surface area contributed by atoms with Gasteiger partial charge >= 0.3 is 0 Å². The molecule has 2 aliphatic heterocycles. The highest BCUT2D eigenvalue weighted by Gasteiger charge is 2.62. The van der Waals surface area contributed by atoms with Gasteiger partial charge in [0.2, 0.25) is 0 Å². The average Bonchev–Trinajstić information content (AvgIpc) is 3.44. The first-order valence-corrected chi connectivity index (χ1v) is 21.4. The van der Waals surface area contributed by atoms with Crippen LogP contribution in [0.3, 0.4) is 0 Å². The average molecular weight is 760 g/mol. The van der Waals surface area contributed by atoms with Gasteiger partial charge in [0.1, 0.15) is 23.7 Å². The number of carbonyl (C=O) groups is 1. The Morgan fingerprint density at radius 3 is 1.66 bits per heavy atom. The largest absolute Gasteiger partial charge is 0.497 e. The molecule has 4 aromatic rings. The normalized spacial score (nSPS) is 21.8. The van der Waals surface area contributed by atoms with Crippen LogP contribution in [-0.4, -0.2) is 84.8 Å². The summed E-state index contributed by atoms with van der Waals surface area (Å²) >= 11 is 0. The van der Waals surface area contributed by atoms with Crippen LogP contribution < -0.4 is 19.8 Å². The van der Waals surface area contributed by atoms with Crippen LogP contribution in [0.15, 0.2) is 109 Å². The first-order valence-electron chi connectivity index (χ1n) is 17.7. The maximum absolute atomic E-state index is 14.3. The second kappa shape index (κ2) is 15.0. The van der Waals surface area contributed by atoms with E-state index in [0.29, 0.717) is 11.5 Å². The second-order valence-electron chi connectivity index (χ2n) is 15.0. The van der Waals surface area contributed by atoms with E-state index in [4.69, 9.17) is 27.6 Å². The number of β-lactam (4-membered cyclic amide) rings is 1. The zero-order valence-electron chi connectivity index (χ0n) is 31.5. The first-order chi connectivity index (χ1) is 25.1. The van der Waals surface area contributed by atoms with Gasteiger partial charge in [-0.05, 0) is 64.7 Å². The summed E-state index contributed by atoms with van der Waals surface area (Å²) in [7, 11) is -3.89. The standard InChI is InChI=1S/C41H49NO9SSi/c1-40(2,3)53(32-15-11-9-12-16-32,33-17-13-10-14-18-33)48-27-34-37(50-41(4,5)49-34)36-38(51-52(8,44)45)39(43)42(36)35(28-19-23-30(46-6)24-20-28)29-21-25-31(47-7)26-22-29/h9-26,34-38H,27H2,1-8H3/t34-,36+,37-,38-/m1/s1. The summed E-state index contributed by atoms with van der Waals surface area (Å²) in [5, 5.41) is 1.89. The van der Waals surface area contributed by atoms with Gasteiger partial charge < -0.3 is 28.3 Å². The van der Waals surface area contributed by atoms with Crippen LogP contribution in [0.1, 0.15) is 51.8 Å². The lowest BCUT2D eigenvalue weighted by Gasteiger charge is -2.52. The highest BCUT2D eigenvalue weighted by molar-refractivity contribution is 7.86. The molecule has 2 fully saturated rings. The highest BCUT2D eigenvalue weighted by Crippen LogP contribution is 2.46. The van der Waals surface area contributed by atoms with Crippen molar-refractivity contribution in [2.24, 2.45) is 0 Å². The third-order valence-electron chi connectivity index (χ3n) is 9.99. The summed E-state index contributed by atoms with van der Waals surface area (Å²) in [5.74, 6) is -0.263. The summed E-state index contributed by atoms with van der Waals surface area (Å²) in [4.78, 5) is 16.0. The van der Waals surface area contributed by atoms with Gasteiger partial charge in [-0.15, -0.1) is 0 Å². The number of methoxy groups -OCH3 is 2. The topological polar surface area (TPSA) is 110 Å². The van der Waals surface area contributed by atoms with Gasteiger partial charge in [-0.25, -0.2) is 0 Å². The minimum Gasteiger partial charge on any atom is -0.497 e. The van der Waals surface area contributed by atoms with Crippen LogP contribution in [0.25, 0.3) is 0 Å². The molecule has 0 bridgehead atoms. The van der Waals surface area contributed by atoms with Crippen LogP contribution in [0, 0.1) is 0 Å². The van der Waals surface area contributed by atoms with Gasteiger partial charge in [0.25, 0.3) is 24.3 Å². The van der Waals surface area contributed by atoms with Crippen molar-refractivity contribution in [2.45, 2.75) is 75.8 Å². The molecule has 282 valence electrons. The van der Waals surface area contributed by atoms with Crippen molar-refractivity contribution in [3.8, 4) is 11.5 Å². The van der Waals surface area contributed by atoms with Crippen molar-refractivity contribution in [3.63, 3.8) is 0 Å². The highest BCUT2D eigenvalue weighted by atomic mass is 32.2. The van der Waals surface area contributed by atoms with Crippen LogP contribution in [-0.2, 0) is 33.0 Å². The molecule has 2 saturated heterocycles. The molecule has 0 unspecified atom stereocenters. The Morgan fingerprint density at radius 2 is 1.25 bits per heavy atom. The minimum atomic E-state index is -4.05. The lowest BCUT2D eigenvalue weighted by atomic mass is 9.84. The Labute approximate surface area is 314 Å². The van der Waals surface area contributed by atoms with Gasteiger partial charge in [0, 0.05) is 0 Å². The first kappa shape index (κ1) is 38.7. The number of carbonyl (C=O) groups excluding carboxylic acids is 1. The van der Waals surface area contributed by atoms with Crippen molar-refractivity contribution < 1.29 is 40.8 Å². The molecule has 0 saturated carbocycles. The van der Waals surface area contributed by atoms with E-state index in [1.54, 1.807) is 19.1 Å². The molecule has 0 radical (unpaired) electrons. The van der Waals surface area contributed by atoms with E-state index >= 15 is 0 Å². The lowest BCUT2D eigenvalue weighted by molar-refractivity contribution is -0.189. The number of hydrogen-bond acceptors (Lipinski definition) is 9. The minimum absolute atomic E-state index is 0.112. The number of ether oxygens (including phenoxy) is 4. The number of amides is 1. The number of hydrogen-bond donors (Lipinski definition) is 0. The van der Waals surface area contributed by atoms with Crippen LogP contribution in [0.5, 0.6) is 11.5 Å². The smallest absolute Gasteiger partial charge is 0.265 e. The lowest BCUT2D eigenvalue weighted by Crippen LogP contribution is -2.72. The van der Waals surface area contributed by atoms with Crippen molar-refractivity contribution in [1.29, 1.82) is 0 Å². The fourth-order valence-corrected chi connectivity index (χ4v) is 12.9. The zero-order valence-corrected chi connectivity index (χ0v) is 33.3. The molecule has 10 nitrogen and oxygen atoms in total. The molecule has 12 heteroatoms. The SMILES string of the molecule is COc1ccc(C(c2ccc(OC)cc2)N2C(=O)[C@H](OS(C)(=O)=O)[C@@H]2[C@@H]2OC(C)(C)O[C@@H]2CO[Si](c2ccccc2)(c2ccccc2)C(C)(C)C)cc1.